The number of furan rings is 2. The van der Waals surface area contributed by atoms with E-state index in [1.165, 1.54) is 54.9 Å². The summed E-state index contributed by atoms with van der Waals surface area (Å²) in [5.41, 5.74) is 10.8. The Morgan fingerprint density at radius 1 is 0.283 bits per heavy atom. The highest BCUT2D eigenvalue weighted by atomic mass is 16.3. The summed E-state index contributed by atoms with van der Waals surface area (Å²) in [6.07, 6.45) is 0. The molecule has 0 radical (unpaired) electrons. The molecule has 214 valence electrons. The zero-order valence-electron chi connectivity index (χ0n) is 24.8. The number of hydrogen-bond acceptors (Lipinski definition) is 2. The topological polar surface area (TPSA) is 26.3 Å². The Morgan fingerprint density at radius 3 is 1.54 bits per heavy atom. The summed E-state index contributed by atoms with van der Waals surface area (Å²) in [6.45, 7) is 0. The van der Waals surface area contributed by atoms with Gasteiger partial charge in [0, 0.05) is 16.2 Å². The molecule has 10 rings (SSSR count). The molecule has 0 unspecified atom stereocenters. The van der Waals surface area contributed by atoms with Gasteiger partial charge >= 0.3 is 0 Å². The molecule has 0 saturated carbocycles. The molecule has 0 spiro atoms. The second-order valence-electron chi connectivity index (χ2n) is 12.0. The molecule has 2 nitrogen and oxygen atoms in total. The Bertz CT molecular complexity index is 2740. The molecule has 0 atom stereocenters. The van der Waals surface area contributed by atoms with Gasteiger partial charge in [0.15, 0.2) is 0 Å². The number of para-hydroxylation sites is 1. The average molecular weight is 587 g/mol. The molecule has 0 amide bonds. The highest BCUT2D eigenvalue weighted by molar-refractivity contribution is 6.24. The van der Waals surface area contributed by atoms with E-state index in [1.54, 1.807) is 0 Å². The number of fused-ring (bicyclic) bond motifs is 9. The third-order valence-corrected chi connectivity index (χ3v) is 9.46. The molecule has 0 N–H and O–H groups in total. The summed E-state index contributed by atoms with van der Waals surface area (Å²) in [7, 11) is 0. The minimum atomic E-state index is 0.844. The number of rotatable bonds is 3. The molecule has 0 bridgehead atoms. The predicted octanol–water partition coefficient (Wildman–Crippen LogP) is 12.8. The van der Waals surface area contributed by atoms with Gasteiger partial charge in [-0.15, -0.1) is 0 Å². The lowest BCUT2D eigenvalue weighted by Crippen LogP contribution is -1.91. The van der Waals surface area contributed by atoms with Gasteiger partial charge < -0.3 is 8.83 Å². The minimum absolute atomic E-state index is 0.844. The minimum Gasteiger partial charge on any atom is -0.456 e. The first kappa shape index (κ1) is 25.2. The van der Waals surface area contributed by atoms with E-state index in [0.717, 1.165) is 43.9 Å². The fourth-order valence-corrected chi connectivity index (χ4v) is 7.43. The van der Waals surface area contributed by atoms with E-state index < -0.39 is 0 Å². The highest BCUT2D eigenvalue weighted by Gasteiger charge is 2.20. The molecule has 0 aliphatic rings. The highest BCUT2D eigenvalue weighted by Crippen LogP contribution is 2.46. The lowest BCUT2D eigenvalue weighted by atomic mass is 9.85. The average Bonchev–Trinajstić information content (AvgIpc) is 3.69. The summed E-state index contributed by atoms with van der Waals surface area (Å²) < 4.78 is 12.7. The maximum absolute atomic E-state index is 6.56. The number of benzene rings is 8. The van der Waals surface area contributed by atoms with Gasteiger partial charge in [-0.05, 0) is 91.3 Å². The van der Waals surface area contributed by atoms with E-state index in [1.807, 2.05) is 12.1 Å². The van der Waals surface area contributed by atoms with Crippen molar-refractivity contribution >= 4 is 65.4 Å². The van der Waals surface area contributed by atoms with Crippen molar-refractivity contribution in [3.63, 3.8) is 0 Å². The van der Waals surface area contributed by atoms with Crippen LogP contribution in [0.3, 0.4) is 0 Å². The van der Waals surface area contributed by atoms with Gasteiger partial charge in [0.05, 0.1) is 5.39 Å². The van der Waals surface area contributed by atoms with Gasteiger partial charge in [-0.25, -0.2) is 0 Å². The Kier molecular flexibility index (Phi) is 5.31. The largest absolute Gasteiger partial charge is 0.456 e. The quantitative estimate of drug-likeness (QED) is 0.193. The van der Waals surface area contributed by atoms with Crippen molar-refractivity contribution in [1.82, 2.24) is 0 Å². The van der Waals surface area contributed by atoms with Crippen LogP contribution in [0.5, 0.6) is 0 Å². The Morgan fingerprint density at radius 2 is 0.826 bits per heavy atom. The van der Waals surface area contributed by atoms with E-state index in [2.05, 4.69) is 146 Å². The summed E-state index contributed by atoms with van der Waals surface area (Å²) in [4.78, 5) is 0. The Hall–Kier alpha value is -6.12. The molecule has 0 aliphatic heterocycles. The van der Waals surface area contributed by atoms with Crippen LogP contribution < -0.4 is 0 Å². The zero-order valence-corrected chi connectivity index (χ0v) is 24.8. The third-order valence-electron chi connectivity index (χ3n) is 9.46. The standard InChI is InChI=1S/C44H26O2/c1-2-11-27(12-3-1)28-13-10-14-29(25-28)41-31-15-4-6-17-33(31)42(34-18-7-5-16-32(34)41)30-21-23-39-37(26-30)35-22-24-40-43(44(35)46-39)36-19-8-9-20-38(36)45-40/h1-26H. The third kappa shape index (κ3) is 3.65. The van der Waals surface area contributed by atoms with Gasteiger partial charge in [0.25, 0.3) is 0 Å². The van der Waals surface area contributed by atoms with Crippen LogP contribution in [-0.4, -0.2) is 0 Å². The second kappa shape index (κ2) is 9.69. The van der Waals surface area contributed by atoms with Gasteiger partial charge in [0.2, 0.25) is 0 Å². The van der Waals surface area contributed by atoms with Crippen molar-refractivity contribution in [2.24, 2.45) is 0 Å². The van der Waals surface area contributed by atoms with E-state index in [0.29, 0.717) is 0 Å². The molecular weight excluding hydrogens is 560 g/mol. The summed E-state index contributed by atoms with van der Waals surface area (Å²) in [5, 5.41) is 9.25. The van der Waals surface area contributed by atoms with Crippen molar-refractivity contribution in [3.8, 4) is 33.4 Å². The van der Waals surface area contributed by atoms with E-state index in [-0.39, 0.29) is 0 Å². The second-order valence-corrected chi connectivity index (χ2v) is 12.0. The van der Waals surface area contributed by atoms with Crippen molar-refractivity contribution in [3.05, 3.63) is 158 Å². The molecule has 2 heteroatoms. The van der Waals surface area contributed by atoms with Crippen LogP contribution in [-0.2, 0) is 0 Å². The molecule has 0 saturated heterocycles. The van der Waals surface area contributed by atoms with Crippen molar-refractivity contribution in [1.29, 1.82) is 0 Å². The summed E-state index contributed by atoms with van der Waals surface area (Å²) in [6, 6.07) is 56.2. The molecule has 0 aliphatic carbocycles. The predicted molar refractivity (Wildman–Crippen MR) is 192 cm³/mol. The molecule has 2 heterocycles. The summed E-state index contributed by atoms with van der Waals surface area (Å²) in [5.74, 6) is 0. The first-order valence-corrected chi connectivity index (χ1v) is 15.7. The maximum Gasteiger partial charge on any atom is 0.147 e. The van der Waals surface area contributed by atoms with Crippen molar-refractivity contribution in [2.45, 2.75) is 0 Å². The van der Waals surface area contributed by atoms with E-state index in [9.17, 15) is 0 Å². The van der Waals surface area contributed by atoms with Crippen LogP contribution in [0.1, 0.15) is 0 Å². The normalized spacial score (nSPS) is 11.9. The SMILES string of the molecule is c1ccc(-c2cccc(-c3c4ccccc4c(-c4ccc5oc6c(ccc7oc8ccccc8c76)c5c4)c4ccccc34)c2)cc1. The van der Waals surface area contributed by atoms with Gasteiger partial charge in [-0.2, -0.15) is 0 Å². The molecule has 8 aromatic carbocycles. The first-order chi connectivity index (χ1) is 22.8. The molecule has 0 fully saturated rings. The summed E-state index contributed by atoms with van der Waals surface area (Å²) >= 11 is 0. The maximum atomic E-state index is 6.56. The monoisotopic (exact) mass is 586 g/mol. The van der Waals surface area contributed by atoms with Gasteiger partial charge in [-0.1, -0.05) is 121 Å². The molecular formula is C44H26O2. The lowest BCUT2D eigenvalue weighted by Gasteiger charge is -2.18. The fourth-order valence-electron chi connectivity index (χ4n) is 7.43. The van der Waals surface area contributed by atoms with Crippen molar-refractivity contribution < 1.29 is 8.83 Å². The first-order valence-electron chi connectivity index (χ1n) is 15.7. The van der Waals surface area contributed by atoms with Crippen LogP contribution in [0.4, 0.5) is 0 Å². The van der Waals surface area contributed by atoms with Crippen LogP contribution in [0.2, 0.25) is 0 Å². The van der Waals surface area contributed by atoms with Gasteiger partial charge in [0.1, 0.15) is 22.3 Å². The smallest absolute Gasteiger partial charge is 0.147 e. The fraction of sp³-hybridized carbons (Fsp3) is 0. The Balaban J connectivity index is 1.24. The van der Waals surface area contributed by atoms with Crippen LogP contribution >= 0.6 is 0 Å². The van der Waals surface area contributed by atoms with Crippen LogP contribution in [0.25, 0.3) is 98.8 Å². The van der Waals surface area contributed by atoms with Crippen LogP contribution in [0, 0.1) is 0 Å². The zero-order chi connectivity index (χ0) is 30.2. The van der Waals surface area contributed by atoms with E-state index in [4.69, 9.17) is 8.83 Å². The van der Waals surface area contributed by atoms with Crippen molar-refractivity contribution in [2.75, 3.05) is 0 Å². The Labute approximate surface area is 264 Å². The van der Waals surface area contributed by atoms with Crippen LogP contribution in [0.15, 0.2) is 167 Å². The number of hydrogen-bond donors (Lipinski definition) is 0. The van der Waals surface area contributed by atoms with E-state index >= 15 is 0 Å². The molecule has 46 heavy (non-hydrogen) atoms. The molecule has 2 aromatic heterocycles. The van der Waals surface area contributed by atoms with Gasteiger partial charge in [-0.3, -0.25) is 0 Å². The lowest BCUT2D eigenvalue weighted by molar-refractivity contribution is 0.663. The molecule has 10 aromatic rings.